The van der Waals surface area contributed by atoms with Crippen LogP contribution < -0.4 is 5.32 Å². The lowest BCUT2D eigenvalue weighted by Crippen LogP contribution is -2.33. The first-order valence-corrected chi connectivity index (χ1v) is 9.35. The summed E-state index contributed by atoms with van der Waals surface area (Å²) in [4.78, 5) is 27.5. The fourth-order valence-electron chi connectivity index (χ4n) is 3.65. The van der Waals surface area contributed by atoms with Gasteiger partial charge in [-0.2, -0.15) is 0 Å². The van der Waals surface area contributed by atoms with Crippen LogP contribution in [0.2, 0.25) is 0 Å². The van der Waals surface area contributed by atoms with Gasteiger partial charge in [-0.1, -0.05) is 36.8 Å². The van der Waals surface area contributed by atoms with Crippen LogP contribution in [-0.2, 0) is 9.59 Å². The van der Waals surface area contributed by atoms with Gasteiger partial charge in [-0.25, -0.2) is 0 Å². The van der Waals surface area contributed by atoms with E-state index in [4.69, 9.17) is 0 Å². The molecule has 1 aliphatic rings. The van der Waals surface area contributed by atoms with E-state index in [0.29, 0.717) is 17.8 Å². The maximum Gasteiger partial charge on any atom is 0.278 e. The van der Waals surface area contributed by atoms with E-state index in [1.54, 1.807) is 0 Å². The maximum atomic E-state index is 13.1. The van der Waals surface area contributed by atoms with Crippen molar-refractivity contribution in [1.29, 1.82) is 0 Å². The third-order valence-electron chi connectivity index (χ3n) is 4.76. The van der Waals surface area contributed by atoms with E-state index in [1.165, 1.54) is 4.90 Å². The summed E-state index contributed by atoms with van der Waals surface area (Å²) in [6, 6.07) is 12.0. The highest BCUT2D eigenvalue weighted by Gasteiger charge is 2.39. The summed E-state index contributed by atoms with van der Waals surface area (Å²) >= 11 is 0. The number of amides is 2. The van der Waals surface area contributed by atoms with Crippen LogP contribution in [0.4, 0.5) is 5.69 Å². The second-order valence-corrected chi connectivity index (χ2v) is 7.33. The smallest absolute Gasteiger partial charge is 0.278 e. The van der Waals surface area contributed by atoms with E-state index in [0.717, 1.165) is 39.9 Å². The Morgan fingerprint density at radius 3 is 2.11 bits per heavy atom. The summed E-state index contributed by atoms with van der Waals surface area (Å²) in [5, 5.41) is 3.25. The molecule has 2 amide bonds. The first kappa shape index (κ1) is 18.9. The number of nitrogens with one attached hydrogen (secondary N) is 1. The lowest BCUT2D eigenvalue weighted by atomic mass is 9.97. The lowest BCUT2D eigenvalue weighted by Gasteiger charge is -2.14. The Balaban J connectivity index is 2.14. The summed E-state index contributed by atoms with van der Waals surface area (Å²) in [5.74, 6) is -0.475. The number of carbonyl (C=O) groups excluding carboxylic acids is 2. The number of aryl methyl sites for hydroxylation is 4. The van der Waals surface area contributed by atoms with Gasteiger partial charge in [-0.3, -0.25) is 14.5 Å². The predicted molar refractivity (Wildman–Crippen MR) is 109 cm³/mol. The average Bonchev–Trinajstić information content (AvgIpc) is 2.79. The molecule has 4 nitrogen and oxygen atoms in total. The number of rotatable bonds is 5. The topological polar surface area (TPSA) is 49.4 Å². The average molecular weight is 362 g/mol. The molecule has 1 N–H and O–H groups in total. The number of hydrogen-bond donors (Lipinski definition) is 1. The second-order valence-electron chi connectivity index (χ2n) is 7.33. The summed E-state index contributed by atoms with van der Waals surface area (Å²) < 4.78 is 0. The zero-order valence-electron chi connectivity index (χ0n) is 16.6. The number of carbonyl (C=O) groups is 2. The van der Waals surface area contributed by atoms with Crippen LogP contribution in [-0.4, -0.2) is 23.3 Å². The Kier molecular flexibility index (Phi) is 5.17. The van der Waals surface area contributed by atoms with Gasteiger partial charge in [0, 0.05) is 12.2 Å². The van der Waals surface area contributed by atoms with Crippen molar-refractivity contribution in [2.75, 3.05) is 11.9 Å². The number of nitrogens with zero attached hydrogens (tertiary/aromatic N) is 1. The first-order valence-electron chi connectivity index (χ1n) is 9.35. The number of hydrogen-bond acceptors (Lipinski definition) is 3. The van der Waals surface area contributed by atoms with Crippen molar-refractivity contribution in [2.24, 2.45) is 0 Å². The fraction of sp³-hybridized carbons (Fsp3) is 0.304. The molecule has 2 aromatic rings. The molecule has 0 radical (unpaired) electrons. The van der Waals surface area contributed by atoms with Gasteiger partial charge >= 0.3 is 0 Å². The van der Waals surface area contributed by atoms with Crippen LogP contribution in [0, 0.1) is 27.7 Å². The molecule has 0 spiro atoms. The molecule has 0 bridgehead atoms. The summed E-state index contributed by atoms with van der Waals surface area (Å²) in [7, 11) is 0. The Hall–Kier alpha value is -2.88. The van der Waals surface area contributed by atoms with Crippen molar-refractivity contribution in [2.45, 2.75) is 41.0 Å². The van der Waals surface area contributed by atoms with E-state index < -0.39 is 0 Å². The molecular weight excluding hydrogens is 336 g/mol. The quantitative estimate of drug-likeness (QED) is 0.796. The molecule has 0 unspecified atom stereocenters. The van der Waals surface area contributed by atoms with Crippen molar-refractivity contribution < 1.29 is 9.59 Å². The zero-order chi connectivity index (χ0) is 19.7. The van der Waals surface area contributed by atoms with Gasteiger partial charge in [-0.05, 0) is 68.5 Å². The minimum absolute atomic E-state index is 0.222. The van der Waals surface area contributed by atoms with E-state index >= 15 is 0 Å². The van der Waals surface area contributed by atoms with E-state index in [-0.39, 0.29) is 11.8 Å². The minimum atomic E-state index is -0.254. The SMILES string of the molecule is CCCN1C(=O)C(Nc2cc(C)cc(C)c2)=C(c2ccc(C)cc2C)C1=O. The molecule has 1 heterocycles. The normalized spacial score (nSPS) is 14.3. The van der Waals surface area contributed by atoms with E-state index in [1.807, 2.05) is 65.0 Å². The van der Waals surface area contributed by atoms with Gasteiger partial charge in [-0.15, -0.1) is 0 Å². The molecule has 1 aliphatic heterocycles. The zero-order valence-corrected chi connectivity index (χ0v) is 16.6. The molecule has 0 aliphatic carbocycles. The maximum absolute atomic E-state index is 13.1. The molecule has 0 atom stereocenters. The number of anilines is 1. The molecule has 27 heavy (non-hydrogen) atoms. The second kappa shape index (κ2) is 7.39. The van der Waals surface area contributed by atoms with Crippen LogP contribution in [0.15, 0.2) is 42.1 Å². The predicted octanol–water partition coefficient (Wildman–Crippen LogP) is 4.52. The highest BCUT2D eigenvalue weighted by atomic mass is 16.2. The fourth-order valence-corrected chi connectivity index (χ4v) is 3.65. The van der Waals surface area contributed by atoms with Crippen molar-refractivity contribution >= 4 is 23.1 Å². The molecule has 0 saturated heterocycles. The molecule has 0 saturated carbocycles. The number of imide groups is 1. The Bertz CT molecular complexity index is 937. The molecule has 3 rings (SSSR count). The van der Waals surface area contributed by atoms with Crippen molar-refractivity contribution in [3.8, 4) is 0 Å². The summed E-state index contributed by atoms with van der Waals surface area (Å²) in [5.41, 5.74) is 6.79. The van der Waals surface area contributed by atoms with Crippen molar-refractivity contribution in [3.63, 3.8) is 0 Å². The standard InChI is InChI=1S/C23H26N2O2/c1-6-9-25-22(26)20(19-8-7-14(2)11-17(19)5)21(23(25)27)24-18-12-15(3)10-16(4)13-18/h7-8,10-13,24H,6,9H2,1-5H3. The Morgan fingerprint density at radius 2 is 1.52 bits per heavy atom. The van der Waals surface area contributed by atoms with Gasteiger partial charge in [0.15, 0.2) is 0 Å². The highest BCUT2D eigenvalue weighted by Crippen LogP contribution is 2.33. The van der Waals surface area contributed by atoms with E-state index in [9.17, 15) is 9.59 Å². The molecule has 4 heteroatoms. The Labute approximate surface area is 160 Å². The molecule has 0 fully saturated rings. The van der Waals surface area contributed by atoms with Crippen LogP contribution in [0.3, 0.4) is 0 Å². The van der Waals surface area contributed by atoms with Crippen LogP contribution in [0.5, 0.6) is 0 Å². The lowest BCUT2D eigenvalue weighted by molar-refractivity contribution is -0.136. The molecule has 0 aromatic heterocycles. The van der Waals surface area contributed by atoms with Crippen LogP contribution in [0.1, 0.15) is 41.2 Å². The molecule has 2 aromatic carbocycles. The Morgan fingerprint density at radius 1 is 0.852 bits per heavy atom. The highest BCUT2D eigenvalue weighted by molar-refractivity contribution is 6.36. The third kappa shape index (κ3) is 3.65. The largest absolute Gasteiger partial charge is 0.350 e. The van der Waals surface area contributed by atoms with Gasteiger partial charge < -0.3 is 5.32 Å². The van der Waals surface area contributed by atoms with Gasteiger partial charge in [0.25, 0.3) is 11.8 Å². The van der Waals surface area contributed by atoms with Crippen molar-refractivity contribution in [1.82, 2.24) is 4.90 Å². The van der Waals surface area contributed by atoms with Gasteiger partial charge in [0.2, 0.25) is 0 Å². The first-order chi connectivity index (χ1) is 12.8. The van der Waals surface area contributed by atoms with Gasteiger partial charge in [0.05, 0.1) is 5.57 Å². The van der Waals surface area contributed by atoms with E-state index in [2.05, 4.69) is 11.4 Å². The van der Waals surface area contributed by atoms with Crippen LogP contribution >= 0.6 is 0 Å². The monoisotopic (exact) mass is 362 g/mol. The summed E-state index contributed by atoms with van der Waals surface area (Å²) in [6.07, 6.45) is 0.731. The van der Waals surface area contributed by atoms with Gasteiger partial charge in [0.1, 0.15) is 5.70 Å². The summed E-state index contributed by atoms with van der Waals surface area (Å²) in [6.45, 7) is 10.4. The minimum Gasteiger partial charge on any atom is -0.350 e. The van der Waals surface area contributed by atoms with Crippen molar-refractivity contribution in [3.05, 3.63) is 69.9 Å². The number of benzene rings is 2. The molecular formula is C23H26N2O2. The third-order valence-corrected chi connectivity index (χ3v) is 4.76. The molecule has 140 valence electrons. The van der Waals surface area contributed by atoms with Crippen LogP contribution in [0.25, 0.3) is 5.57 Å².